The number of nitro benzene ring substituents is 1. The number of hydrogen-bond donors (Lipinski definition) is 1. The van der Waals surface area contributed by atoms with Crippen LogP contribution in [-0.4, -0.2) is 11.0 Å². The lowest BCUT2D eigenvalue weighted by molar-refractivity contribution is -0.385. The van der Waals surface area contributed by atoms with Gasteiger partial charge in [-0.25, -0.2) is 0 Å². The molecule has 0 bridgehead atoms. The van der Waals surface area contributed by atoms with Crippen molar-refractivity contribution < 1.29 is 4.92 Å². The van der Waals surface area contributed by atoms with Crippen molar-refractivity contribution in [2.75, 3.05) is 0 Å². The zero-order valence-corrected chi connectivity index (χ0v) is 13.4. The summed E-state index contributed by atoms with van der Waals surface area (Å²) in [4.78, 5) is 12.0. The van der Waals surface area contributed by atoms with E-state index in [1.54, 1.807) is 23.5 Å². The second kappa shape index (κ2) is 6.97. The summed E-state index contributed by atoms with van der Waals surface area (Å²) in [5.41, 5.74) is 0.853. The van der Waals surface area contributed by atoms with Crippen LogP contribution < -0.4 is 5.32 Å². The van der Waals surface area contributed by atoms with Gasteiger partial charge >= 0.3 is 0 Å². The number of nitrogens with one attached hydrogen (secondary N) is 1. The summed E-state index contributed by atoms with van der Waals surface area (Å²) in [5.74, 6) is 0. The van der Waals surface area contributed by atoms with E-state index in [4.69, 9.17) is 0 Å². The molecule has 2 aromatic rings. The van der Waals surface area contributed by atoms with Gasteiger partial charge in [0.05, 0.1) is 4.92 Å². The molecule has 1 unspecified atom stereocenters. The monoisotopic (exact) mass is 354 g/mol. The van der Waals surface area contributed by atoms with Gasteiger partial charge in [0.2, 0.25) is 0 Å². The molecule has 0 amide bonds. The van der Waals surface area contributed by atoms with Crippen molar-refractivity contribution in [3.63, 3.8) is 0 Å². The van der Waals surface area contributed by atoms with E-state index in [0.717, 1.165) is 10.9 Å². The maximum Gasteiger partial charge on any atom is 0.273 e. The molecule has 106 valence electrons. The third-order valence-corrected chi connectivity index (χ3v) is 4.36. The fourth-order valence-electron chi connectivity index (χ4n) is 1.96. The van der Waals surface area contributed by atoms with E-state index >= 15 is 0 Å². The third-order valence-electron chi connectivity index (χ3n) is 2.97. The molecular formula is C14H15BrN2O2S. The van der Waals surface area contributed by atoms with Crippen LogP contribution in [0.2, 0.25) is 0 Å². The lowest BCUT2D eigenvalue weighted by Crippen LogP contribution is -2.27. The molecule has 0 aliphatic carbocycles. The minimum absolute atomic E-state index is 0.157. The molecular weight excluding hydrogens is 340 g/mol. The largest absolute Gasteiger partial charge is 0.310 e. The number of nitro groups is 1. The molecule has 1 aromatic carbocycles. The molecule has 0 aliphatic rings. The minimum atomic E-state index is -0.340. The molecule has 1 heterocycles. The average molecular weight is 355 g/mol. The summed E-state index contributed by atoms with van der Waals surface area (Å²) < 4.78 is 0.853. The quantitative estimate of drug-likeness (QED) is 0.626. The molecule has 4 nitrogen and oxygen atoms in total. The van der Waals surface area contributed by atoms with E-state index in [1.807, 2.05) is 6.07 Å². The predicted octanol–water partition coefficient (Wildman–Crippen LogP) is 4.14. The summed E-state index contributed by atoms with van der Waals surface area (Å²) >= 11 is 5.08. The number of nitrogens with zero attached hydrogens (tertiary/aromatic N) is 1. The maximum absolute atomic E-state index is 11.0. The molecule has 1 aromatic heterocycles. The highest BCUT2D eigenvalue weighted by molar-refractivity contribution is 9.10. The minimum Gasteiger partial charge on any atom is -0.310 e. The van der Waals surface area contributed by atoms with Crippen LogP contribution in [0.4, 0.5) is 5.69 Å². The average Bonchev–Trinajstić information content (AvgIpc) is 2.89. The van der Waals surface area contributed by atoms with E-state index in [-0.39, 0.29) is 16.7 Å². The van der Waals surface area contributed by atoms with Gasteiger partial charge in [0, 0.05) is 33.6 Å². The molecule has 1 atom stereocenters. The van der Waals surface area contributed by atoms with Crippen molar-refractivity contribution in [3.05, 3.63) is 60.7 Å². The number of rotatable bonds is 6. The summed E-state index contributed by atoms with van der Waals surface area (Å²) in [6.07, 6.45) is 0.930. The molecule has 0 spiro atoms. The van der Waals surface area contributed by atoms with Crippen LogP contribution in [0.3, 0.4) is 0 Å². The Bertz CT molecular complexity index is 587. The van der Waals surface area contributed by atoms with Crippen LogP contribution in [0.1, 0.15) is 17.4 Å². The Kier molecular flexibility index (Phi) is 5.28. The van der Waals surface area contributed by atoms with E-state index in [9.17, 15) is 10.1 Å². The fourth-order valence-corrected chi connectivity index (χ4v) is 3.20. The SMILES string of the molecule is CC(Cc1cccs1)NCc1cc(Br)ccc1[N+](=O)[O-]. The first-order chi connectivity index (χ1) is 9.56. The van der Waals surface area contributed by atoms with Gasteiger partial charge in [-0.1, -0.05) is 22.0 Å². The van der Waals surface area contributed by atoms with Crippen molar-refractivity contribution in [3.8, 4) is 0 Å². The van der Waals surface area contributed by atoms with E-state index in [2.05, 4.69) is 39.6 Å². The Morgan fingerprint density at radius 3 is 2.90 bits per heavy atom. The van der Waals surface area contributed by atoms with Crippen LogP contribution in [0, 0.1) is 10.1 Å². The van der Waals surface area contributed by atoms with Crippen LogP contribution in [0.5, 0.6) is 0 Å². The van der Waals surface area contributed by atoms with E-state index < -0.39 is 0 Å². The Balaban J connectivity index is 1.99. The van der Waals surface area contributed by atoms with Crippen molar-refractivity contribution >= 4 is 33.0 Å². The maximum atomic E-state index is 11.0. The molecule has 0 saturated carbocycles. The van der Waals surface area contributed by atoms with Gasteiger partial charge in [-0.2, -0.15) is 0 Å². The van der Waals surface area contributed by atoms with Gasteiger partial charge in [0.25, 0.3) is 5.69 Å². The lowest BCUT2D eigenvalue weighted by atomic mass is 10.1. The normalized spacial score (nSPS) is 12.3. The van der Waals surface area contributed by atoms with Gasteiger partial charge < -0.3 is 5.32 Å². The summed E-state index contributed by atoms with van der Waals surface area (Å²) in [7, 11) is 0. The zero-order chi connectivity index (χ0) is 14.5. The fraction of sp³-hybridized carbons (Fsp3) is 0.286. The second-order valence-electron chi connectivity index (χ2n) is 4.60. The molecule has 6 heteroatoms. The first-order valence-electron chi connectivity index (χ1n) is 6.25. The molecule has 0 saturated heterocycles. The standard InChI is InChI=1S/C14H15BrN2O2S/c1-10(7-13-3-2-6-20-13)16-9-11-8-12(15)4-5-14(11)17(18)19/h2-6,8,10,16H,7,9H2,1H3. The van der Waals surface area contributed by atoms with Gasteiger partial charge in [-0.15, -0.1) is 11.3 Å². The zero-order valence-electron chi connectivity index (χ0n) is 11.0. The molecule has 20 heavy (non-hydrogen) atoms. The van der Waals surface area contributed by atoms with Crippen LogP contribution in [0.25, 0.3) is 0 Å². The van der Waals surface area contributed by atoms with Crippen LogP contribution >= 0.6 is 27.3 Å². The summed E-state index contributed by atoms with van der Waals surface area (Å²) in [5, 5.41) is 16.4. The van der Waals surface area contributed by atoms with Crippen molar-refractivity contribution in [2.45, 2.75) is 25.9 Å². The summed E-state index contributed by atoms with van der Waals surface area (Å²) in [6, 6.07) is 9.42. The number of hydrogen-bond acceptors (Lipinski definition) is 4. The van der Waals surface area contributed by atoms with E-state index in [0.29, 0.717) is 12.1 Å². The van der Waals surface area contributed by atoms with Crippen molar-refractivity contribution in [1.29, 1.82) is 0 Å². The highest BCUT2D eigenvalue weighted by Gasteiger charge is 2.14. The topological polar surface area (TPSA) is 55.2 Å². The van der Waals surface area contributed by atoms with Crippen molar-refractivity contribution in [1.82, 2.24) is 5.32 Å². The second-order valence-corrected chi connectivity index (χ2v) is 6.54. The highest BCUT2D eigenvalue weighted by atomic mass is 79.9. The highest BCUT2D eigenvalue weighted by Crippen LogP contribution is 2.23. The van der Waals surface area contributed by atoms with Gasteiger partial charge in [-0.3, -0.25) is 10.1 Å². The Labute approximate surface area is 130 Å². The number of benzene rings is 1. The van der Waals surface area contributed by atoms with Crippen LogP contribution in [-0.2, 0) is 13.0 Å². The first-order valence-corrected chi connectivity index (χ1v) is 7.92. The van der Waals surface area contributed by atoms with Crippen LogP contribution in [0.15, 0.2) is 40.2 Å². The third kappa shape index (κ3) is 4.13. The molecule has 2 rings (SSSR count). The molecule has 0 aliphatic heterocycles. The number of thiophene rings is 1. The predicted molar refractivity (Wildman–Crippen MR) is 85.1 cm³/mol. The first kappa shape index (κ1) is 15.2. The molecule has 0 fully saturated rings. The van der Waals surface area contributed by atoms with Gasteiger partial charge in [0.15, 0.2) is 0 Å². The Morgan fingerprint density at radius 1 is 1.45 bits per heavy atom. The smallest absolute Gasteiger partial charge is 0.273 e. The number of halogens is 1. The Morgan fingerprint density at radius 2 is 2.25 bits per heavy atom. The van der Waals surface area contributed by atoms with Crippen molar-refractivity contribution in [2.24, 2.45) is 0 Å². The lowest BCUT2D eigenvalue weighted by Gasteiger charge is -2.13. The van der Waals surface area contributed by atoms with E-state index in [1.165, 1.54) is 10.9 Å². The molecule has 0 radical (unpaired) electrons. The van der Waals surface area contributed by atoms with Gasteiger partial charge in [-0.05, 0) is 36.9 Å². The Hall–Kier alpha value is -1.24. The van der Waals surface area contributed by atoms with Gasteiger partial charge in [0.1, 0.15) is 0 Å². The summed E-state index contributed by atoms with van der Waals surface area (Å²) in [6.45, 7) is 2.58. The molecule has 1 N–H and O–H groups in total.